The molecule has 1 N–H and O–H groups in total. The number of benzene rings is 2. The van der Waals surface area contributed by atoms with E-state index in [1.807, 2.05) is 43.4 Å². The Labute approximate surface area is 133 Å². The Morgan fingerprint density at radius 3 is 2.67 bits per heavy atom. The van der Waals surface area contributed by atoms with Crippen LogP contribution in [0.15, 0.2) is 46.9 Å². The predicted molar refractivity (Wildman–Crippen MR) is 88.0 cm³/mol. The van der Waals surface area contributed by atoms with Gasteiger partial charge in [-0.3, -0.25) is 0 Å². The molecule has 1 atom stereocenters. The average Bonchev–Trinajstić information content (AvgIpc) is 2.46. The van der Waals surface area contributed by atoms with Gasteiger partial charge in [0.25, 0.3) is 0 Å². The first kappa shape index (κ1) is 15.6. The van der Waals surface area contributed by atoms with E-state index in [4.69, 9.17) is 5.26 Å². The monoisotopic (exact) mass is 344 g/mol. The predicted octanol–water partition coefficient (Wildman–Crippen LogP) is 4.01. The maximum Gasteiger partial charge on any atom is 0.0991 e. The van der Waals surface area contributed by atoms with Gasteiger partial charge in [-0.2, -0.15) is 5.26 Å². The Morgan fingerprint density at radius 2 is 2.05 bits per heavy atom. The van der Waals surface area contributed by atoms with Crippen LogP contribution in [0.4, 0.5) is 5.69 Å². The lowest BCUT2D eigenvalue weighted by atomic mass is 10.1. The Balaban J connectivity index is 2.18. The number of aliphatic hydroxyl groups excluding tert-OH is 1. The molecule has 0 heterocycles. The van der Waals surface area contributed by atoms with Crippen LogP contribution >= 0.6 is 15.9 Å². The van der Waals surface area contributed by atoms with Gasteiger partial charge in [0.15, 0.2) is 0 Å². The quantitative estimate of drug-likeness (QED) is 0.911. The van der Waals surface area contributed by atoms with Crippen molar-refractivity contribution < 1.29 is 5.11 Å². The highest BCUT2D eigenvalue weighted by Crippen LogP contribution is 2.28. The minimum Gasteiger partial charge on any atom is -0.389 e. The van der Waals surface area contributed by atoms with Crippen LogP contribution in [-0.2, 0) is 6.54 Å². The number of nitriles is 1. The molecule has 0 spiro atoms. The Morgan fingerprint density at radius 1 is 1.29 bits per heavy atom. The van der Waals surface area contributed by atoms with Crippen LogP contribution in [0.3, 0.4) is 0 Å². The van der Waals surface area contributed by atoms with E-state index in [1.54, 1.807) is 13.0 Å². The first-order valence-corrected chi connectivity index (χ1v) is 7.48. The third-order valence-electron chi connectivity index (χ3n) is 3.35. The van der Waals surface area contributed by atoms with Gasteiger partial charge in [-0.1, -0.05) is 34.1 Å². The van der Waals surface area contributed by atoms with E-state index in [1.165, 1.54) is 0 Å². The van der Waals surface area contributed by atoms with Crippen LogP contribution in [-0.4, -0.2) is 12.2 Å². The van der Waals surface area contributed by atoms with E-state index in [-0.39, 0.29) is 0 Å². The molecule has 0 aliphatic carbocycles. The third-order valence-corrected chi connectivity index (χ3v) is 4.04. The molecule has 0 radical (unpaired) electrons. The van der Waals surface area contributed by atoms with Crippen LogP contribution in [0.2, 0.25) is 0 Å². The zero-order valence-electron chi connectivity index (χ0n) is 12.0. The summed E-state index contributed by atoms with van der Waals surface area (Å²) in [6.07, 6.45) is -0.494. The van der Waals surface area contributed by atoms with Crippen molar-refractivity contribution in [3.63, 3.8) is 0 Å². The van der Waals surface area contributed by atoms with E-state index < -0.39 is 6.10 Å². The number of halogens is 1. The van der Waals surface area contributed by atoms with Gasteiger partial charge in [-0.15, -0.1) is 0 Å². The highest BCUT2D eigenvalue weighted by atomic mass is 79.9. The highest BCUT2D eigenvalue weighted by Gasteiger charge is 2.09. The minimum absolute atomic E-state index is 0.494. The fraction of sp³-hybridized carbons (Fsp3) is 0.235. The molecule has 0 saturated heterocycles. The van der Waals surface area contributed by atoms with Gasteiger partial charge in [-0.05, 0) is 42.3 Å². The summed E-state index contributed by atoms with van der Waals surface area (Å²) < 4.78 is 0.896. The average molecular weight is 345 g/mol. The lowest BCUT2D eigenvalue weighted by molar-refractivity contribution is 0.198. The van der Waals surface area contributed by atoms with Crippen molar-refractivity contribution in [1.29, 1.82) is 5.26 Å². The fourth-order valence-electron chi connectivity index (χ4n) is 2.20. The normalized spacial score (nSPS) is 11.8. The van der Waals surface area contributed by atoms with E-state index >= 15 is 0 Å². The standard InChI is InChI=1S/C17H17BrN2O/c1-12(21)16-7-6-15(9-17(16)18)20(2)11-14-5-3-4-13(8-14)10-19/h3-9,12,21H,11H2,1-2H3. The number of hydrogen-bond acceptors (Lipinski definition) is 3. The van der Waals surface area contributed by atoms with Crippen molar-refractivity contribution in [1.82, 2.24) is 0 Å². The minimum atomic E-state index is -0.494. The van der Waals surface area contributed by atoms with Crippen LogP contribution in [0.25, 0.3) is 0 Å². The summed E-state index contributed by atoms with van der Waals surface area (Å²) in [5.41, 5.74) is 3.69. The second kappa shape index (κ2) is 6.75. The highest BCUT2D eigenvalue weighted by molar-refractivity contribution is 9.10. The summed E-state index contributed by atoms with van der Waals surface area (Å²) in [6.45, 7) is 2.47. The van der Waals surface area contributed by atoms with Crippen molar-refractivity contribution in [2.45, 2.75) is 19.6 Å². The van der Waals surface area contributed by atoms with Gasteiger partial charge in [-0.25, -0.2) is 0 Å². The van der Waals surface area contributed by atoms with Crippen molar-refractivity contribution in [2.24, 2.45) is 0 Å². The molecule has 3 nitrogen and oxygen atoms in total. The van der Waals surface area contributed by atoms with Gasteiger partial charge in [0, 0.05) is 23.8 Å². The maximum absolute atomic E-state index is 9.65. The molecule has 4 heteroatoms. The summed E-state index contributed by atoms with van der Waals surface area (Å²) in [5.74, 6) is 0. The van der Waals surface area contributed by atoms with Crippen molar-refractivity contribution in [3.8, 4) is 6.07 Å². The molecule has 0 aliphatic heterocycles. The second-order valence-electron chi connectivity index (χ2n) is 5.05. The molecule has 2 rings (SSSR count). The summed E-state index contributed by atoms with van der Waals surface area (Å²) in [4.78, 5) is 2.10. The molecule has 0 bridgehead atoms. The third kappa shape index (κ3) is 3.84. The van der Waals surface area contributed by atoms with Gasteiger partial charge in [0.1, 0.15) is 0 Å². The lowest BCUT2D eigenvalue weighted by Gasteiger charge is -2.21. The van der Waals surface area contributed by atoms with Crippen molar-refractivity contribution >= 4 is 21.6 Å². The fourth-order valence-corrected chi connectivity index (χ4v) is 2.89. The molecule has 2 aromatic carbocycles. The summed E-state index contributed by atoms with van der Waals surface area (Å²) >= 11 is 3.49. The van der Waals surface area contributed by atoms with Gasteiger partial charge in [0.2, 0.25) is 0 Å². The largest absolute Gasteiger partial charge is 0.389 e. The summed E-state index contributed by atoms with van der Waals surface area (Å²) in [5, 5.41) is 18.6. The molecule has 0 amide bonds. The Kier molecular flexibility index (Phi) is 5.00. The molecule has 2 aromatic rings. The number of aliphatic hydroxyl groups is 1. The molecular formula is C17H17BrN2O. The van der Waals surface area contributed by atoms with E-state index in [9.17, 15) is 5.11 Å². The zero-order valence-corrected chi connectivity index (χ0v) is 13.6. The Hall–Kier alpha value is -1.83. The van der Waals surface area contributed by atoms with Crippen LogP contribution in [0.1, 0.15) is 29.7 Å². The molecular weight excluding hydrogens is 328 g/mol. The zero-order chi connectivity index (χ0) is 15.4. The van der Waals surface area contributed by atoms with Gasteiger partial charge >= 0.3 is 0 Å². The lowest BCUT2D eigenvalue weighted by Crippen LogP contribution is -2.16. The van der Waals surface area contributed by atoms with E-state index in [0.717, 1.165) is 27.8 Å². The van der Waals surface area contributed by atoms with Gasteiger partial charge < -0.3 is 10.0 Å². The molecule has 0 fully saturated rings. The first-order chi connectivity index (χ1) is 10.0. The van der Waals surface area contributed by atoms with Crippen LogP contribution < -0.4 is 4.90 Å². The Bertz CT molecular complexity index is 677. The summed E-state index contributed by atoms with van der Waals surface area (Å²) in [7, 11) is 2.00. The number of rotatable bonds is 4. The smallest absolute Gasteiger partial charge is 0.0991 e. The van der Waals surface area contributed by atoms with Crippen LogP contribution in [0.5, 0.6) is 0 Å². The molecule has 0 aromatic heterocycles. The van der Waals surface area contributed by atoms with E-state index in [0.29, 0.717) is 5.56 Å². The number of hydrogen-bond donors (Lipinski definition) is 1. The molecule has 1 unspecified atom stereocenters. The molecule has 21 heavy (non-hydrogen) atoms. The van der Waals surface area contributed by atoms with Crippen molar-refractivity contribution in [3.05, 3.63) is 63.6 Å². The number of nitrogens with zero attached hydrogens (tertiary/aromatic N) is 2. The van der Waals surface area contributed by atoms with Crippen molar-refractivity contribution in [2.75, 3.05) is 11.9 Å². The molecule has 0 saturated carbocycles. The SMILES string of the molecule is CC(O)c1ccc(N(C)Cc2cccc(C#N)c2)cc1Br. The first-order valence-electron chi connectivity index (χ1n) is 6.69. The van der Waals surface area contributed by atoms with Crippen LogP contribution in [0, 0.1) is 11.3 Å². The summed E-state index contributed by atoms with van der Waals surface area (Å²) in [6, 6.07) is 15.7. The van der Waals surface area contributed by atoms with Gasteiger partial charge in [0.05, 0.1) is 17.7 Å². The number of anilines is 1. The maximum atomic E-state index is 9.65. The van der Waals surface area contributed by atoms with E-state index in [2.05, 4.69) is 26.9 Å². The molecule has 0 aliphatic rings. The topological polar surface area (TPSA) is 47.3 Å². The molecule has 108 valence electrons. The second-order valence-corrected chi connectivity index (χ2v) is 5.90.